The summed E-state index contributed by atoms with van der Waals surface area (Å²) in [6.45, 7) is 4.80. The molecule has 13 heavy (non-hydrogen) atoms. The van der Waals surface area contributed by atoms with Crippen LogP contribution in [-0.4, -0.2) is 25.2 Å². The van der Waals surface area contributed by atoms with E-state index in [-0.39, 0.29) is 0 Å². The highest BCUT2D eigenvalue weighted by Crippen LogP contribution is 2.23. The van der Waals surface area contributed by atoms with Crippen LogP contribution in [0.5, 0.6) is 0 Å². The van der Waals surface area contributed by atoms with Gasteiger partial charge in [0.05, 0.1) is 0 Å². The summed E-state index contributed by atoms with van der Waals surface area (Å²) in [5.41, 5.74) is 0. The molecular formula is C11H22N2. The molecule has 2 N–H and O–H groups in total. The van der Waals surface area contributed by atoms with E-state index in [1.54, 1.807) is 0 Å². The minimum atomic E-state index is 0.751. The number of hydrogen-bond acceptors (Lipinski definition) is 2. The molecule has 0 radical (unpaired) electrons. The Balaban J connectivity index is 1.83. The van der Waals surface area contributed by atoms with E-state index in [4.69, 9.17) is 0 Å². The van der Waals surface area contributed by atoms with Crippen molar-refractivity contribution in [3.05, 3.63) is 0 Å². The van der Waals surface area contributed by atoms with Crippen LogP contribution in [0.15, 0.2) is 0 Å². The van der Waals surface area contributed by atoms with Crippen molar-refractivity contribution in [1.82, 2.24) is 10.6 Å². The lowest BCUT2D eigenvalue weighted by atomic mass is 9.85. The van der Waals surface area contributed by atoms with Gasteiger partial charge in [-0.15, -0.1) is 0 Å². The lowest BCUT2D eigenvalue weighted by Crippen LogP contribution is -2.49. The van der Waals surface area contributed by atoms with Crippen molar-refractivity contribution in [2.75, 3.05) is 13.1 Å². The summed E-state index contributed by atoms with van der Waals surface area (Å²) < 4.78 is 0. The largest absolute Gasteiger partial charge is 0.316 e. The van der Waals surface area contributed by atoms with Crippen molar-refractivity contribution in [2.24, 2.45) is 5.92 Å². The van der Waals surface area contributed by atoms with Crippen molar-refractivity contribution in [3.63, 3.8) is 0 Å². The fourth-order valence-electron chi connectivity index (χ4n) is 2.77. The highest BCUT2D eigenvalue weighted by molar-refractivity contribution is 4.86. The summed E-state index contributed by atoms with van der Waals surface area (Å²) >= 11 is 0. The minimum absolute atomic E-state index is 0.751. The molecule has 0 aliphatic carbocycles. The molecule has 0 aromatic carbocycles. The van der Waals surface area contributed by atoms with Gasteiger partial charge in [0.2, 0.25) is 0 Å². The maximum Gasteiger partial charge on any atom is 0.0110 e. The van der Waals surface area contributed by atoms with E-state index in [1.165, 1.54) is 45.2 Å². The van der Waals surface area contributed by atoms with E-state index in [2.05, 4.69) is 17.6 Å². The Morgan fingerprint density at radius 2 is 2.00 bits per heavy atom. The van der Waals surface area contributed by atoms with Gasteiger partial charge in [-0.3, -0.25) is 0 Å². The van der Waals surface area contributed by atoms with Crippen molar-refractivity contribution in [1.29, 1.82) is 0 Å². The monoisotopic (exact) mass is 182 g/mol. The zero-order valence-electron chi connectivity index (χ0n) is 8.68. The van der Waals surface area contributed by atoms with E-state index in [0.717, 1.165) is 18.0 Å². The lowest BCUT2D eigenvalue weighted by Gasteiger charge is -2.36. The van der Waals surface area contributed by atoms with Crippen molar-refractivity contribution < 1.29 is 0 Å². The molecule has 2 fully saturated rings. The smallest absolute Gasteiger partial charge is 0.0110 e. The summed E-state index contributed by atoms with van der Waals surface area (Å²) in [5, 5.41) is 7.25. The maximum absolute atomic E-state index is 3.75. The quantitative estimate of drug-likeness (QED) is 0.642. The van der Waals surface area contributed by atoms with Crippen LogP contribution >= 0.6 is 0 Å². The molecule has 0 aromatic rings. The Bertz CT molecular complexity index is 152. The number of hydrogen-bond donors (Lipinski definition) is 2. The summed E-state index contributed by atoms with van der Waals surface area (Å²) in [6.07, 6.45) is 7.00. The molecule has 2 heterocycles. The van der Waals surface area contributed by atoms with Crippen molar-refractivity contribution in [2.45, 2.75) is 51.1 Å². The third-order valence-electron chi connectivity index (χ3n) is 3.55. The summed E-state index contributed by atoms with van der Waals surface area (Å²) in [7, 11) is 0. The Labute approximate surface area is 81.5 Å². The van der Waals surface area contributed by atoms with Crippen LogP contribution in [0.4, 0.5) is 0 Å². The van der Waals surface area contributed by atoms with Crippen LogP contribution in [0.3, 0.4) is 0 Å². The van der Waals surface area contributed by atoms with Gasteiger partial charge in [0, 0.05) is 12.1 Å². The third-order valence-corrected chi connectivity index (χ3v) is 3.55. The molecule has 3 unspecified atom stereocenters. The molecule has 2 heteroatoms. The molecule has 3 atom stereocenters. The first kappa shape index (κ1) is 9.47. The van der Waals surface area contributed by atoms with E-state index >= 15 is 0 Å². The summed E-state index contributed by atoms with van der Waals surface area (Å²) in [6, 6.07) is 1.55. The van der Waals surface area contributed by atoms with Gasteiger partial charge in [-0.05, 0) is 51.6 Å². The predicted molar refractivity (Wildman–Crippen MR) is 55.8 cm³/mol. The highest BCUT2D eigenvalue weighted by Gasteiger charge is 2.26. The molecule has 2 nitrogen and oxygen atoms in total. The molecule has 2 saturated heterocycles. The minimum Gasteiger partial charge on any atom is -0.316 e. The van der Waals surface area contributed by atoms with E-state index in [1.807, 2.05) is 0 Å². The molecule has 0 spiro atoms. The van der Waals surface area contributed by atoms with Gasteiger partial charge in [0.25, 0.3) is 0 Å². The molecule has 0 bridgehead atoms. The van der Waals surface area contributed by atoms with Gasteiger partial charge in [0.15, 0.2) is 0 Å². The van der Waals surface area contributed by atoms with Crippen LogP contribution in [0.2, 0.25) is 0 Å². The second-order valence-corrected chi connectivity index (χ2v) is 4.71. The van der Waals surface area contributed by atoms with Crippen LogP contribution in [0, 0.1) is 5.92 Å². The molecule has 0 aromatic heterocycles. The van der Waals surface area contributed by atoms with Crippen LogP contribution < -0.4 is 10.6 Å². The van der Waals surface area contributed by atoms with Crippen LogP contribution in [0.1, 0.15) is 39.0 Å². The van der Waals surface area contributed by atoms with Gasteiger partial charge in [-0.25, -0.2) is 0 Å². The second kappa shape index (κ2) is 4.43. The van der Waals surface area contributed by atoms with Crippen molar-refractivity contribution in [3.8, 4) is 0 Å². The molecule has 76 valence electrons. The average Bonchev–Trinajstić information content (AvgIpc) is 2.19. The van der Waals surface area contributed by atoms with Crippen LogP contribution in [0.25, 0.3) is 0 Å². The first-order chi connectivity index (χ1) is 6.36. The topological polar surface area (TPSA) is 24.1 Å². The zero-order chi connectivity index (χ0) is 9.10. The molecule has 2 rings (SSSR count). The Morgan fingerprint density at radius 1 is 1.08 bits per heavy atom. The van der Waals surface area contributed by atoms with Gasteiger partial charge in [-0.1, -0.05) is 6.42 Å². The molecular weight excluding hydrogens is 160 g/mol. The Hall–Kier alpha value is -0.0800. The Morgan fingerprint density at radius 3 is 2.69 bits per heavy atom. The maximum atomic E-state index is 3.75. The Kier molecular flexibility index (Phi) is 3.23. The summed E-state index contributed by atoms with van der Waals surface area (Å²) in [5.74, 6) is 0.900. The first-order valence-corrected chi connectivity index (χ1v) is 5.83. The molecule has 0 saturated carbocycles. The zero-order valence-corrected chi connectivity index (χ0v) is 8.68. The van der Waals surface area contributed by atoms with Gasteiger partial charge in [0.1, 0.15) is 0 Å². The molecule has 2 aliphatic heterocycles. The van der Waals surface area contributed by atoms with Gasteiger partial charge >= 0.3 is 0 Å². The van der Waals surface area contributed by atoms with Crippen molar-refractivity contribution >= 4 is 0 Å². The predicted octanol–water partition coefficient (Wildman–Crippen LogP) is 1.52. The van der Waals surface area contributed by atoms with Gasteiger partial charge < -0.3 is 10.6 Å². The van der Waals surface area contributed by atoms with E-state index in [9.17, 15) is 0 Å². The second-order valence-electron chi connectivity index (χ2n) is 4.71. The number of nitrogens with one attached hydrogen (secondary N) is 2. The number of piperidine rings is 2. The lowest BCUT2D eigenvalue weighted by molar-refractivity contribution is 0.221. The first-order valence-electron chi connectivity index (χ1n) is 5.83. The number of rotatable bonds is 1. The fourth-order valence-corrected chi connectivity index (χ4v) is 2.77. The average molecular weight is 182 g/mol. The SMILES string of the molecule is CC1CCCC(C2CCCNC2)N1. The molecule has 0 amide bonds. The van der Waals surface area contributed by atoms with E-state index < -0.39 is 0 Å². The highest BCUT2D eigenvalue weighted by atomic mass is 15.0. The third kappa shape index (κ3) is 2.44. The normalized spacial score (nSPS) is 41.8. The molecule has 2 aliphatic rings. The standard InChI is InChI=1S/C11H22N2/c1-9-4-2-6-11(13-9)10-5-3-7-12-8-10/h9-13H,2-8H2,1H3. The van der Waals surface area contributed by atoms with Gasteiger partial charge in [-0.2, -0.15) is 0 Å². The van der Waals surface area contributed by atoms with E-state index in [0.29, 0.717) is 0 Å². The van der Waals surface area contributed by atoms with Crippen LogP contribution in [-0.2, 0) is 0 Å². The summed E-state index contributed by atoms with van der Waals surface area (Å²) in [4.78, 5) is 0. The fraction of sp³-hybridized carbons (Fsp3) is 1.00.